The zero-order valence-electron chi connectivity index (χ0n) is 10.2. The number of ether oxygens (including phenoxy) is 1. The van der Waals surface area contributed by atoms with Crippen molar-refractivity contribution in [2.24, 2.45) is 5.84 Å². The number of hydrogen-bond donors (Lipinski definition) is 2. The highest BCUT2D eigenvalue weighted by Crippen LogP contribution is 2.29. The second kappa shape index (κ2) is 6.18. The van der Waals surface area contributed by atoms with Crippen LogP contribution in [-0.2, 0) is 6.61 Å². The van der Waals surface area contributed by atoms with E-state index >= 15 is 0 Å². The number of nitrogen functional groups attached to an aromatic ring is 1. The van der Waals surface area contributed by atoms with Crippen molar-refractivity contribution in [3.63, 3.8) is 0 Å². The summed E-state index contributed by atoms with van der Waals surface area (Å²) in [4.78, 5) is 14.2. The maximum Gasteiger partial charge on any atom is 0.271 e. The third kappa shape index (κ3) is 3.34. The molecule has 0 spiro atoms. The SMILES string of the molecule is NNc1ccnc(COc2ccc([N+](=O)[O-])cc2Cl)c1. The smallest absolute Gasteiger partial charge is 0.271 e. The third-order valence-corrected chi connectivity index (χ3v) is 2.78. The Hall–Kier alpha value is -2.38. The predicted octanol–water partition coefficient (Wildman–Crippen LogP) is 2.51. The second-order valence-corrected chi connectivity index (χ2v) is 4.25. The highest BCUT2D eigenvalue weighted by Gasteiger charge is 2.10. The molecule has 104 valence electrons. The highest BCUT2D eigenvalue weighted by atomic mass is 35.5. The number of hydrogen-bond acceptors (Lipinski definition) is 6. The van der Waals surface area contributed by atoms with Crippen molar-refractivity contribution >= 4 is 23.0 Å². The first-order valence-electron chi connectivity index (χ1n) is 5.58. The number of aromatic nitrogens is 1. The van der Waals surface area contributed by atoms with Crippen LogP contribution in [0.4, 0.5) is 11.4 Å². The third-order valence-electron chi connectivity index (χ3n) is 2.49. The van der Waals surface area contributed by atoms with Crippen LogP contribution in [0.15, 0.2) is 36.5 Å². The number of benzene rings is 1. The number of nitro benzene ring substituents is 1. The molecule has 0 unspecified atom stereocenters. The van der Waals surface area contributed by atoms with E-state index in [1.807, 2.05) is 0 Å². The maximum atomic E-state index is 10.6. The molecule has 0 radical (unpaired) electrons. The molecule has 0 aliphatic rings. The average molecular weight is 295 g/mol. The Labute approximate surface area is 119 Å². The van der Waals surface area contributed by atoms with E-state index in [1.54, 1.807) is 18.3 Å². The number of nitro groups is 1. The fourth-order valence-electron chi connectivity index (χ4n) is 1.52. The van der Waals surface area contributed by atoms with E-state index in [0.717, 1.165) is 0 Å². The monoisotopic (exact) mass is 294 g/mol. The van der Waals surface area contributed by atoms with Gasteiger partial charge in [-0.25, -0.2) is 0 Å². The number of halogens is 1. The molecular formula is C12H11ClN4O3. The molecule has 0 saturated heterocycles. The van der Waals surface area contributed by atoms with E-state index in [-0.39, 0.29) is 17.3 Å². The number of anilines is 1. The van der Waals surface area contributed by atoms with E-state index in [1.165, 1.54) is 18.2 Å². The van der Waals surface area contributed by atoms with Gasteiger partial charge in [0, 0.05) is 18.3 Å². The molecule has 0 fully saturated rings. The number of nitrogens with two attached hydrogens (primary N) is 1. The number of pyridine rings is 1. The molecule has 1 heterocycles. The molecule has 7 nitrogen and oxygen atoms in total. The highest BCUT2D eigenvalue weighted by molar-refractivity contribution is 6.32. The van der Waals surface area contributed by atoms with Crippen molar-refractivity contribution in [1.29, 1.82) is 0 Å². The Morgan fingerprint density at radius 2 is 2.20 bits per heavy atom. The van der Waals surface area contributed by atoms with Gasteiger partial charge >= 0.3 is 0 Å². The summed E-state index contributed by atoms with van der Waals surface area (Å²) >= 11 is 5.92. The van der Waals surface area contributed by atoms with Gasteiger partial charge in [-0.2, -0.15) is 0 Å². The molecule has 0 aliphatic carbocycles. The average Bonchev–Trinajstić information content (AvgIpc) is 2.46. The van der Waals surface area contributed by atoms with Crippen molar-refractivity contribution in [3.8, 4) is 5.75 Å². The molecule has 2 aromatic rings. The first-order valence-corrected chi connectivity index (χ1v) is 5.96. The molecule has 0 amide bonds. The zero-order chi connectivity index (χ0) is 14.5. The van der Waals surface area contributed by atoms with E-state index in [9.17, 15) is 10.1 Å². The lowest BCUT2D eigenvalue weighted by Crippen LogP contribution is -2.08. The normalized spacial score (nSPS) is 10.1. The lowest BCUT2D eigenvalue weighted by atomic mass is 10.3. The van der Waals surface area contributed by atoms with Gasteiger partial charge in [-0.05, 0) is 18.2 Å². The van der Waals surface area contributed by atoms with Crippen LogP contribution in [0.1, 0.15) is 5.69 Å². The van der Waals surface area contributed by atoms with Crippen molar-refractivity contribution < 1.29 is 9.66 Å². The molecular weight excluding hydrogens is 284 g/mol. The number of hydrazine groups is 1. The van der Waals surface area contributed by atoms with Gasteiger partial charge in [-0.15, -0.1) is 0 Å². The summed E-state index contributed by atoms with van der Waals surface area (Å²) in [5.74, 6) is 5.64. The Morgan fingerprint density at radius 3 is 2.85 bits per heavy atom. The quantitative estimate of drug-likeness (QED) is 0.499. The van der Waals surface area contributed by atoms with Crippen LogP contribution < -0.4 is 16.0 Å². The minimum atomic E-state index is -0.520. The Kier molecular flexibility index (Phi) is 4.34. The van der Waals surface area contributed by atoms with E-state index < -0.39 is 4.92 Å². The zero-order valence-corrected chi connectivity index (χ0v) is 11.0. The van der Waals surface area contributed by atoms with Gasteiger partial charge in [0.05, 0.1) is 21.3 Å². The Morgan fingerprint density at radius 1 is 1.40 bits per heavy atom. The molecule has 20 heavy (non-hydrogen) atoms. The van der Waals surface area contributed by atoms with Crippen LogP contribution in [0.25, 0.3) is 0 Å². The molecule has 0 saturated carbocycles. The minimum absolute atomic E-state index is 0.0881. The largest absolute Gasteiger partial charge is 0.486 e. The minimum Gasteiger partial charge on any atom is -0.486 e. The van der Waals surface area contributed by atoms with Crippen LogP contribution in [-0.4, -0.2) is 9.91 Å². The molecule has 8 heteroatoms. The van der Waals surface area contributed by atoms with Crippen LogP contribution in [0.5, 0.6) is 5.75 Å². The Bertz CT molecular complexity index is 636. The van der Waals surface area contributed by atoms with Crippen LogP contribution in [0.2, 0.25) is 5.02 Å². The molecule has 0 aliphatic heterocycles. The van der Waals surface area contributed by atoms with Crippen LogP contribution >= 0.6 is 11.6 Å². The summed E-state index contributed by atoms with van der Waals surface area (Å²) in [6, 6.07) is 7.45. The summed E-state index contributed by atoms with van der Waals surface area (Å²) in [6.45, 7) is 0.174. The fourth-order valence-corrected chi connectivity index (χ4v) is 1.75. The number of rotatable bonds is 5. The molecule has 0 bridgehead atoms. The lowest BCUT2D eigenvalue weighted by Gasteiger charge is -2.08. The van der Waals surface area contributed by atoms with Gasteiger partial charge in [-0.3, -0.25) is 20.9 Å². The Balaban J connectivity index is 2.08. The molecule has 1 aromatic carbocycles. The van der Waals surface area contributed by atoms with E-state index in [4.69, 9.17) is 22.2 Å². The summed E-state index contributed by atoms with van der Waals surface area (Å²) in [7, 11) is 0. The molecule has 3 N–H and O–H groups in total. The maximum absolute atomic E-state index is 10.6. The lowest BCUT2D eigenvalue weighted by molar-refractivity contribution is -0.384. The van der Waals surface area contributed by atoms with Gasteiger partial charge < -0.3 is 10.2 Å². The number of non-ortho nitro benzene ring substituents is 1. The molecule has 2 rings (SSSR count). The summed E-state index contributed by atoms with van der Waals surface area (Å²) in [5.41, 5.74) is 3.76. The van der Waals surface area contributed by atoms with Gasteiger partial charge in [0.2, 0.25) is 0 Å². The molecule has 0 atom stereocenters. The van der Waals surface area contributed by atoms with E-state index in [2.05, 4.69) is 10.4 Å². The van der Waals surface area contributed by atoms with Crippen molar-refractivity contribution in [1.82, 2.24) is 4.98 Å². The van der Waals surface area contributed by atoms with Crippen LogP contribution in [0, 0.1) is 10.1 Å². The number of nitrogens with one attached hydrogen (secondary N) is 1. The first-order chi connectivity index (χ1) is 9.60. The van der Waals surface area contributed by atoms with Gasteiger partial charge in [-0.1, -0.05) is 11.6 Å². The number of nitrogens with zero attached hydrogens (tertiary/aromatic N) is 2. The summed E-state index contributed by atoms with van der Waals surface area (Å²) in [5, 5.41) is 10.8. The first kappa shape index (κ1) is 14.0. The summed E-state index contributed by atoms with van der Waals surface area (Å²) in [6.07, 6.45) is 1.59. The molecule has 1 aromatic heterocycles. The standard InChI is InChI=1S/C12H11ClN4O3/c13-11-6-10(17(18)19)1-2-12(11)20-7-9-5-8(16-14)3-4-15-9/h1-6H,7,14H2,(H,15,16). The van der Waals surface area contributed by atoms with Crippen molar-refractivity contribution in [3.05, 3.63) is 57.4 Å². The van der Waals surface area contributed by atoms with Gasteiger partial charge in [0.25, 0.3) is 5.69 Å². The fraction of sp³-hybridized carbons (Fsp3) is 0.0833. The van der Waals surface area contributed by atoms with Crippen molar-refractivity contribution in [2.45, 2.75) is 6.61 Å². The van der Waals surface area contributed by atoms with Gasteiger partial charge in [0.1, 0.15) is 12.4 Å². The van der Waals surface area contributed by atoms with Crippen LogP contribution in [0.3, 0.4) is 0 Å². The predicted molar refractivity (Wildman–Crippen MR) is 74.5 cm³/mol. The van der Waals surface area contributed by atoms with Gasteiger partial charge in [0.15, 0.2) is 0 Å². The van der Waals surface area contributed by atoms with Crippen molar-refractivity contribution in [2.75, 3.05) is 5.43 Å². The second-order valence-electron chi connectivity index (χ2n) is 3.84. The summed E-state index contributed by atoms with van der Waals surface area (Å²) < 4.78 is 5.47. The van der Waals surface area contributed by atoms with E-state index in [0.29, 0.717) is 17.1 Å². The topological polar surface area (TPSA) is 103 Å².